The number of rotatable bonds is 5. The van der Waals surface area contributed by atoms with Crippen molar-refractivity contribution < 1.29 is 14.3 Å². The van der Waals surface area contributed by atoms with Crippen LogP contribution in [0.2, 0.25) is 0 Å². The van der Waals surface area contributed by atoms with Gasteiger partial charge >= 0.3 is 6.09 Å². The Labute approximate surface area is 205 Å². The largest absolute Gasteiger partial charge is 0.449 e. The first-order chi connectivity index (χ1) is 16.5. The van der Waals surface area contributed by atoms with Gasteiger partial charge in [-0.05, 0) is 78.5 Å². The zero-order valence-corrected chi connectivity index (χ0v) is 20.0. The van der Waals surface area contributed by atoms with E-state index in [0.717, 1.165) is 32.1 Å². The molecule has 5 atom stereocenters. The molecule has 2 aromatic carbocycles. The topological polar surface area (TPSA) is 67.4 Å². The van der Waals surface area contributed by atoms with Gasteiger partial charge in [-0.25, -0.2) is 4.79 Å². The number of carbonyl (C=O) groups is 2. The van der Waals surface area contributed by atoms with E-state index in [9.17, 15) is 9.59 Å². The predicted molar refractivity (Wildman–Crippen MR) is 132 cm³/mol. The van der Waals surface area contributed by atoms with Crippen molar-refractivity contribution in [2.45, 2.75) is 56.0 Å². The van der Waals surface area contributed by atoms with Crippen molar-refractivity contribution in [2.24, 2.45) is 17.8 Å². The number of alkyl halides is 1. The summed E-state index contributed by atoms with van der Waals surface area (Å²) >= 11 is 5.79. The lowest BCUT2D eigenvalue weighted by atomic mass is 9.75. The van der Waals surface area contributed by atoms with Crippen molar-refractivity contribution in [2.75, 3.05) is 12.5 Å². The van der Waals surface area contributed by atoms with Gasteiger partial charge in [0.2, 0.25) is 5.91 Å². The summed E-state index contributed by atoms with van der Waals surface area (Å²) in [5.41, 5.74) is 4.75. The van der Waals surface area contributed by atoms with E-state index in [1.165, 1.54) is 28.7 Å². The Kier molecular flexibility index (Phi) is 5.56. The maximum atomic E-state index is 13.0. The third-order valence-corrected chi connectivity index (χ3v) is 9.02. The molecule has 0 aliphatic heterocycles. The Bertz CT molecular complexity index is 1070. The summed E-state index contributed by atoms with van der Waals surface area (Å²) in [5, 5.41) is 6.47. The molecule has 2 N–H and O–H groups in total. The van der Waals surface area contributed by atoms with Gasteiger partial charge in [0.25, 0.3) is 0 Å². The lowest BCUT2D eigenvalue weighted by Crippen LogP contribution is -2.51. The van der Waals surface area contributed by atoms with Crippen LogP contribution in [0.4, 0.5) is 4.79 Å². The summed E-state index contributed by atoms with van der Waals surface area (Å²) < 4.78 is 5.84. The van der Waals surface area contributed by atoms with E-state index in [2.05, 4.69) is 47.0 Å². The molecule has 0 aromatic heterocycles. The second kappa shape index (κ2) is 8.60. The zero-order valence-electron chi connectivity index (χ0n) is 19.3. The van der Waals surface area contributed by atoms with Gasteiger partial charge in [0.15, 0.2) is 0 Å². The summed E-state index contributed by atoms with van der Waals surface area (Å²) in [6.45, 7) is 0.332. The molecular weight excluding hydrogens is 448 g/mol. The molecule has 4 aliphatic carbocycles. The van der Waals surface area contributed by atoms with Crippen molar-refractivity contribution in [3.05, 3.63) is 59.7 Å². The molecule has 34 heavy (non-hydrogen) atoms. The number of hydrogen-bond donors (Lipinski definition) is 2. The molecule has 0 heterocycles. The lowest BCUT2D eigenvalue weighted by molar-refractivity contribution is -0.121. The van der Waals surface area contributed by atoms with Gasteiger partial charge in [-0.2, -0.15) is 0 Å². The number of benzene rings is 2. The van der Waals surface area contributed by atoms with Gasteiger partial charge in [-0.1, -0.05) is 48.5 Å². The van der Waals surface area contributed by atoms with E-state index in [0.29, 0.717) is 24.4 Å². The fraction of sp³-hybridized carbons (Fsp3) is 0.500. The van der Waals surface area contributed by atoms with Crippen molar-refractivity contribution in [3.63, 3.8) is 0 Å². The molecule has 178 valence electrons. The van der Waals surface area contributed by atoms with Crippen LogP contribution in [0, 0.1) is 17.8 Å². The van der Waals surface area contributed by atoms with Crippen LogP contribution in [0.15, 0.2) is 48.5 Å². The molecular formula is C28H31ClN2O3. The smallest absolute Gasteiger partial charge is 0.407 e. The molecule has 4 aliphatic rings. The SMILES string of the molecule is O=C(CCl)NC12CC3CCC(NC(=O)OCC4c5ccccc5-c5ccccc54)C(C1)C(C3)C2. The highest BCUT2D eigenvalue weighted by Crippen LogP contribution is 2.55. The van der Waals surface area contributed by atoms with E-state index < -0.39 is 0 Å². The molecule has 0 spiro atoms. The summed E-state index contributed by atoms with van der Waals surface area (Å²) in [6.07, 6.45) is 5.90. The molecule has 2 aromatic rings. The monoisotopic (exact) mass is 478 g/mol. The fourth-order valence-electron chi connectivity index (χ4n) is 7.62. The minimum atomic E-state index is -0.327. The van der Waals surface area contributed by atoms with Crippen LogP contribution in [0.25, 0.3) is 11.1 Å². The number of alkyl carbamates (subject to hydrolysis) is 1. The number of nitrogens with one attached hydrogen (secondary N) is 2. The number of amides is 2. The number of hydrogen-bond acceptors (Lipinski definition) is 3. The molecule has 5 unspecified atom stereocenters. The number of fused-ring (bicyclic) bond motifs is 5. The average molecular weight is 479 g/mol. The van der Waals surface area contributed by atoms with Gasteiger partial charge in [-0.3, -0.25) is 4.79 Å². The van der Waals surface area contributed by atoms with Crippen molar-refractivity contribution in [1.82, 2.24) is 10.6 Å². The molecule has 6 heteroatoms. The second-order valence-corrected chi connectivity index (χ2v) is 11.0. The summed E-state index contributed by atoms with van der Waals surface area (Å²) in [7, 11) is 0. The van der Waals surface area contributed by atoms with Crippen LogP contribution < -0.4 is 10.6 Å². The molecule has 0 saturated heterocycles. The predicted octanol–water partition coefficient (Wildman–Crippen LogP) is 5.22. The Morgan fingerprint density at radius 3 is 2.38 bits per heavy atom. The molecule has 3 saturated carbocycles. The van der Waals surface area contributed by atoms with Gasteiger partial charge in [0.05, 0.1) is 0 Å². The number of ether oxygens (including phenoxy) is 1. The molecule has 2 amide bonds. The molecule has 0 radical (unpaired) electrons. The molecule has 3 bridgehead atoms. The summed E-state index contributed by atoms with van der Waals surface area (Å²) in [6, 6.07) is 16.9. The minimum Gasteiger partial charge on any atom is -0.449 e. The first-order valence-electron chi connectivity index (χ1n) is 12.5. The summed E-state index contributed by atoms with van der Waals surface area (Å²) in [4.78, 5) is 25.1. The summed E-state index contributed by atoms with van der Waals surface area (Å²) in [5.74, 6) is 1.51. The van der Waals surface area contributed by atoms with Crippen LogP contribution in [0.3, 0.4) is 0 Å². The lowest BCUT2D eigenvalue weighted by Gasteiger charge is -2.39. The third kappa shape index (κ3) is 3.78. The fourth-order valence-corrected chi connectivity index (χ4v) is 7.68. The van der Waals surface area contributed by atoms with Crippen LogP contribution >= 0.6 is 11.6 Å². The highest BCUT2D eigenvalue weighted by atomic mass is 35.5. The first kappa shape index (κ1) is 22.0. The van der Waals surface area contributed by atoms with Gasteiger partial charge in [0, 0.05) is 17.5 Å². The second-order valence-electron chi connectivity index (χ2n) is 10.8. The van der Waals surface area contributed by atoms with Crippen LogP contribution in [0.1, 0.15) is 55.6 Å². The van der Waals surface area contributed by atoms with Crippen LogP contribution in [0.5, 0.6) is 0 Å². The van der Waals surface area contributed by atoms with Crippen molar-refractivity contribution in [3.8, 4) is 11.1 Å². The van der Waals surface area contributed by atoms with E-state index in [1.807, 2.05) is 12.1 Å². The third-order valence-electron chi connectivity index (χ3n) is 8.78. The first-order valence-corrected chi connectivity index (χ1v) is 13.1. The molecule has 6 rings (SSSR count). The maximum Gasteiger partial charge on any atom is 0.407 e. The van der Waals surface area contributed by atoms with Gasteiger partial charge < -0.3 is 15.4 Å². The number of carbonyl (C=O) groups excluding carboxylic acids is 2. The van der Waals surface area contributed by atoms with Crippen molar-refractivity contribution >= 4 is 23.6 Å². The molecule has 3 fully saturated rings. The Balaban J connectivity index is 1.13. The standard InChI is InChI=1S/C28H31ClN2O3/c29-15-26(32)31-28-12-17-9-10-25(23(14-28)18(11-17)13-28)30-27(33)34-16-24-21-7-3-1-5-19(21)20-6-2-4-8-22(20)24/h1-8,17-18,23-25H,9-16H2,(H,30,33)(H,31,32). The molecule has 5 nitrogen and oxygen atoms in total. The highest BCUT2D eigenvalue weighted by Gasteiger charge is 2.55. The van der Waals surface area contributed by atoms with E-state index in [4.69, 9.17) is 16.3 Å². The van der Waals surface area contributed by atoms with E-state index in [-0.39, 0.29) is 35.4 Å². The quantitative estimate of drug-likeness (QED) is 0.579. The van der Waals surface area contributed by atoms with Crippen LogP contribution in [-0.2, 0) is 9.53 Å². The van der Waals surface area contributed by atoms with Gasteiger partial charge in [0.1, 0.15) is 12.5 Å². The number of halogens is 1. The highest BCUT2D eigenvalue weighted by molar-refractivity contribution is 6.27. The Morgan fingerprint density at radius 1 is 0.971 bits per heavy atom. The van der Waals surface area contributed by atoms with E-state index >= 15 is 0 Å². The maximum absolute atomic E-state index is 13.0. The van der Waals surface area contributed by atoms with Gasteiger partial charge in [-0.15, -0.1) is 11.6 Å². The average Bonchev–Trinajstić information content (AvgIpc) is 3.26. The Hall–Kier alpha value is -2.53. The Morgan fingerprint density at radius 2 is 1.68 bits per heavy atom. The normalized spacial score (nSPS) is 30.9. The van der Waals surface area contributed by atoms with E-state index in [1.54, 1.807) is 0 Å². The minimum absolute atomic E-state index is 0.00315. The zero-order chi connectivity index (χ0) is 23.3. The van der Waals surface area contributed by atoms with Crippen molar-refractivity contribution in [1.29, 1.82) is 0 Å². The van der Waals surface area contributed by atoms with Crippen LogP contribution in [-0.4, -0.2) is 36.1 Å².